The number of aromatic nitrogens is 4. The Labute approximate surface area is 158 Å². The maximum Gasteiger partial charge on any atom is 0.305 e. The lowest BCUT2D eigenvalue weighted by atomic mass is 10.1. The van der Waals surface area contributed by atoms with Gasteiger partial charge in [-0.25, -0.2) is 4.98 Å². The molecule has 0 amide bonds. The number of carbonyl (C=O) groups excluding carboxylic acids is 1. The third-order valence-electron chi connectivity index (χ3n) is 3.69. The lowest BCUT2D eigenvalue weighted by Crippen LogP contribution is -2.03. The zero-order chi connectivity index (χ0) is 18.8. The highest BCUT2D eigenvalue weighted by atomic mass is 35.5. The van der Waals surface area contributed by atoms with Gasteiger partial charge in [0.05, 0.1) is 24.7 Å². The molecule has 2 aromatic rings. The summed E-state index contributed by atoms with van der Waals surface area (Å²) in [6.07, 6.45) is 9.62. The summed E-state index contributed by atoms with van der Waals surface area (Å²) < 4.78 is 6.79. The minimum absolute atomic E-state index is 0.110. The smallest absolute Gasteiger partial charge is 0.305 e. The summed E-state index contributed by atoms with van der Waals surface area (Å²) in [6, 6.07) is 0. The van der Waals surface area contributed by atoms with Crippen LogP contribution in [0.3, 0.4) is 0 Å². The molecule has 26 heavy (non-hydrogen) atoms. The van der Waals surface area contributed by atoms with Crippen LogP contribution in [-0.4, -0.2) is 39.4 Å². The standard InChI is InChI=1S/C17H25ClN6O2/c1-3-26-15(25)8-6-4-5-7-9-24-12-13(10-21-24)22-17-20-11-14(18)16(19-2)23-17/h10-12H,3-9H2,1-2H3,(H2,19,20,22,23). The minimum atomic E-state index is -0.110. The fourth-order valence-electron chi connectivity index (χ4n) is 2.41. The van der Waals surface area contributed by atoms with Gasteiger partial charge in [0.25, 0.3) is 0 Å². The first kappa shape index (κ1) is 20.0. The average Bonchev–Trinajstić information content (AvgIpc) is 3.07. The van der Waals surface area contributed by atoms with Crippen LogP contribution in [0.25, 0.3) is 0 Å². The van der Waals surface area contributed by atoms with Gasteiger partial charge in [0.2, 0.25) is 5.95 Å². The number of aryl methyl sites for hydroxylation is 1. The van der Waals surface area contributed by atoms with Crippen molar-refractivity contribution >= 4 is 35.0 Å². The van der Waals surface area contributed by atoms with Crippen molar-refractivity contribution in [1.82, 2.24) is 19.7 Å². The maximum absolute atomic E-state index is 11.2. The van der Waals surface area contributed by atoms with Gasteiger partial charge in [0.1, 0.15) is 10.8 Å². The predicted molar refractivity (Wildman–Crippen MR) is 102 cm³/mol. The lowest BCUT2D eigenvalue weighted by Gasteiger charge is -2.05. The predicted octanol–water partition coefficient (Wildman–Crippen LogP) is 3.63. The first-order chi connectivity index (χ1) is 12.6. The number of esters is 1. The fraction of sp³-hybridized carbons (Fsp3) is 0.529. The van der Waals surface area contributed by atoms with Crippen LogP contribution in [0.15, 0.2) is 18.6 Å². The van der Waals surface area contributed by atoms with E-state index >= 15 is 0 Å². The SMILES string of the molecule is CCOC(=O)CCCCCCn1cc(Nc2ncc(Cl)c(NC)n2)cn1. The van der Waals surface area contributed by atoms with Crippen molar-refractivity contribution in [3.8, 4) is 0 Å². The van der Waals surface area contributed by atoms with Gasteiger partial charge in [0.15, 0.2) is 0 Å². The molecule has 0 aliphatic rings. The molecule has 142 valence electrons. The first-order valence-electron chi connectivity index (χ1n) is 8.77. The van der Waals surface area contributed by atoms with Crippen molar-refractivity contribution in [1.29, 1.82) is 0 Å². The zero-order valence-corrected chi connectivity index (χ0v) is 15.9. The minimum Gasteiger partial charge on any atom is -0.466 e. The van der Waals surface area contributed by atoms with Crippen LogP contribution in [0.1, 0.15) is 39.0 Å². The Hall–Kier alpha value is -2.35. The van der Waals surface area contributed by atoms with Crippen molar-refractivity contribution in [3.63, 3.8) is 0 Å². The molecule has 0 saturated carbocycles. The summed E-state index contributed by atoms with van der Waals surface area (Å²) in [4.78, 5) is 19.7. The van der Waals surface area contributed by atoms with E-state index in [1.807, 2.05) is 17.8 Å². The van der Waals surface area contributed by atoms with Crippen molar-refractivity contribution in [2.24, 2.45) is 0 Å². The van der Waals surface area contributed by atoms with Crippen molar-refractivity contribution in [2.75, 3.05) is 24.3 Å². The normalized spacial score (nSPS) is 10.6. The van der Waals surface area contributed by atoms with Gasteiger partial charge in [-0.2, -0.15) is 10.1 Å². The quantitative estimate of drug-likeness (QED) is 0.454. The Morgan fingerprint density at radius 2 is 2.08 bits per heavy atom. The summed E-state index contributed by atoms with van der Waals surface area (Å²) >= 11 is 5.97. The Balaban J connectivity index is 1.70. The van der Waals surface area contributed by atoms with E-state index in [-0.39, 0.29) is 5.97 Å². The van der Waals surface area contributed by atoms with E-state index in [2.05, 4.69) is 25.7 Å². The number of nitrogens with one attached hydrogen (secondary N) is 2. The van der Waals surface area contributed by atoms with E-state index in [1.54, 1.807) is 19.4 Å². The molecule has 0 aliphatic heterocycles. The Kier molecular flexibility index (Phi) is 8.14. The van der Waals surface area contributed by atoms with Gasteiger partial charge in [-0.15, -0.1) is 0 Å². The number of ether oxygens (including phenoxy) is 1. The maximum atomic E-state index is 11.2. The van der Waals surface area contributed by atoms with Gasteiger partial charge in [-0.3, -0.25) is 9.48 Å². The van der Waals surface area contributed by atoms with Gasteiger partial charge in [-0.1, -0.05) is 24.4 Å². The second-order valence-electron chi connectivity index (χ2n) is 5.73. The number of nitrogens with zero attached hydrogens (tertiary/aromatic N) is 4. The van der Waals surface area contributed by atoms with E-state index in [9.17, 15) is 4.79 Å². The van der Waals surface area contributed by atoms with E-state index in [0.717, 1.165) is 37.9 Å². The third kappa shape index (κ3) is 6.51. The van der Waals surface area contributed by atoms with Crippen LogP contribution in [-0.2, 0) is 16.1 Å². The van der Waals surface area contributed by atoms with Crippen LogP contribution in [0.4, 0.5) is 17.5 Å². The molecule has 2 N–H and O–H groups in total. The van der Waals surface area contributed by atoms with E-state index in [0.29, 0.717) is 29.8 Å². The number of anilines is 3. The largest absolute Gasteiger partial charge is 0.466 e. The van der Waals surface area contributed by atoms with Crippen molar-refractivity contribution < 1.29 is 9.53 Å². The molecule has 9 heteroatoms. The molecule has 0 fully saturated rings. The van der Waals surface area contributed by atoms with Gasteiger partial charge in [-0.05, 0) is 19.8 Å². The molecule has 0 unspecified atom stereocenters. The molecule has 0 spiro atoms. The molecule has 2 aromatic heterocycles. The monoisotopic (exact) mass is 380 g/mol. The first-order valence-corrected chi connectivity index (χ1v) is 9.15. The van der Waals surface area contributed by atoms with Crippen LogP contribution >= 0.6 is 11.6 Å². The van der Waals surface area contributed by atoms with Crippen LogP contribution in [0.2, 0.25) is 5.02 Å². The van der Waals surface area contributed by atoms with Crippen LogP contribution in [0.5, 0.6) is 0 Å². The van der Waals surface area contributed by atoms with Crippen molar-refractivity contribution in [2.45, 2.75) is 45.6 Å². The third-order valence-corrected chi connectivity index (χ3v) is 3.97. The number of halogens is 1. The number of hydrogen-bond donors (Lipinski definition) is 2. The molecular weight excluding hydrogens is 356 g/mol. The average molecular weight is 381 g/mol. The second kappa shape index (κ2) is 10.6. The molecule has 2 heterocycles. The van der Waals surface area contributed by atoms with Crippen LogP contribution < -0.4 is 10.6 Å². The van der Waals surface area contributed by atoms with Crippen molar-refractivity contribution in [3.05, 3.63) is 23.6 Å². The van der Waals surface area contributed by atoms with E-state index < -0.39 is 0 Å². The highest BCUT2D eigenvalue weighted by molar-refractivity contribution is 6.32. The fourth-order valence-corrected chi connectivity index (χ4v) is 2.60. The van der Waals surface area contributed by atoms with Gasteiger partial charge in [0, 0.05) is 26.2 Å². The molecular formula is C17H25ClN6O2. The zero-order valence-electron chi connectivity index (χ0n) is 15.2. The summed E-state index contributed by atoms with van der Waals surface area (Å²) in [7, 11) is 1.75. The summed E-state index contributed by atoms with van der Waals surface area (Å²) in [5.41, 5.74) is 0.816. The Morgan fingerprint density at radius 1 is 1.27 bits per heavy atom. The number of rotatable bonds is 11. The number of carbonyl (C=O) groups is 1. The molecule has 2 rings (SSSR count). The number of hydrogen-bond acceptors (Lipinski definition) is 7. The highest BCUT2D eigenvalue weighted by Gasteiger charge is 2.06. The highest BCUT2D eigenvalue weighted by Crippen LogP contribution is 2.20. The van der Waals surface area contributed by atoms with Crippen LogP contribution in [0, 0.1) is 0 Å². The van der Waals surface area contributed by atoms with Gasteiger partial charge < -0.3 is 15.4 Å². The molecule has 0 bridgehead atoms. The summed E-state index contributed by atoms with van der Waals surface area (Å²) in [5, 5.41) is 10.8. The molecule has 0 radical (unpaired) electrons. The molecule has 8 nitrogen and oxygen atoms in total. The Morgan fingerprint density at radius 3 is 2.85 bits per heavy atom. The molecule has 0 atom stereocenters. The summed E-state index contributed by atoms with van der Waals surface area (Å²) in [6.45, 7) is 3.10. The van der Waals surface area contributed by atoms with Gasteiger partial charge >= 0.3 is 5.97 Å². The van der Waals surface area contributed by atoms with E-state index in [4.69, 9.17) is 16.3 Å². The molecule has 0 aliphatic carbocycles. The number of unbranched alkanes of at least 4 members (excludes halogenated alkanes) is 3. The lowest BCUT2D eigenvalue weighted by molar-refractivity contribution is -0.143. The second-order valence-corrected chi connectivity index (χ2v) is 6.13. The Bertz CT molecular complexity index is 706. The summed E-state index contributed by atoms with van der Waals surface area (Å²) in [5.74, 6) is 0.915. The molecule has 0 saturated heterocycles. The van der Waals surface area contributed by atoms with E-state index in [1.165, 1.54) is 0 Å². The topological polar surface area (TPSA) is 94.0 Å². The molecule has 0 aromatic carbocycles.